The highest BCUT2D eigenvalue weighted by molar-refractivity contribution is 5.97. The minimum absolute atomic E-state index is 0.0586. The Bertz CT molecular complexity index is 417. The van der Waals surface area contributed by atoms with Gasteiger partial charge in [0, 0.05) is 19.2 Å². The summed E-state index contributed by atoms with van der Waals surface area (Å²) in [5.41, 5.74) is 0.642. The summed E-state index contributed by atoms with van der Waals surface area (Å²) in [6.07, 6.45) is 1.63. The second kappa shape index (κ2) is 4.99. The van der Waals surface area contributed by atoms with E-state index in [1.54, 1.807) is 24.1 Å². The van der Waals surface area contributed by atoms with Gasteiger partial charge in [0.15, 0.2) is 0 Å². The number of likely N-dealkylation sites (tertiary alicyclic amines) is 1. The Hall–Kier alpha value is -1.84. The molecule has 0 aromatic heterocycles. The van der Waals surface area contributed by atoms with Crippen LogP contribution in [0.2, 0.25) is 0 Å². The smallest absolute Gasteiger partial charge is 0.254 e. The van der Waals surface area contributed by atoms with Crippen LogP contribution >= 0.6 is 0 Å². The molecule has 0 spiro atoms. The normalized spacial score (nSPS) is 19.1. The Morgan fingerprint density at radius 2 is 2.00 bits per heavy atom. The fourth-order valence-corrected chi connectivity index (χ4v) is 2.20. The van der Waals surface area contributed by atoms with Crippen LogP contribution in [0.4, 0.5) is 0 Å². The lowest BCUT2D eigenvalue weighted by Gasteiger charge is -2.23. The summed E-state index contributed by atoms with van der Waals surface area (Å²) < 4.78 is 0. The molecule has 1 aromatic rings. The average molecular weight is 232 g/mol. The molecule has 1 aromatic carbocycles. The summed E-state index contributed by atoms with van der Waals surface area (Å²) in [6, 6.07) is 8.78. The highest BCUT2D eigenvalue weighted by atomic mass is 16.2. The number of benzene rings is 1. The molecular formula is C13H16N2O2. The molecule has 0 unspecified atom stereocenters. The predicted molar refractivity (Wildman–Crippen MR) is 64.6 cm³/mol. The largest absolute Gasteiger partial charge is 0.357 e. The standard InChI is InChI=1S/C13H16N2O2/c1-14-12(16)11-8-5-9-15(11)13(17)10-6-3-2-4-7-10/h2-4,6-7,11H,5,8-9H2,1H3,(H,14,16)/t11-/m0/s1. The van der Waals surface area contributed by atoms with Crippen LogP contribution in [0.1, 0.15) is 23.2 Å². The van der Waals surface area contributed by atoms with Crippen LogP contribution in [-0.4, -0.2) is 36.3 Å². The quantitative estimate of drug-likeness (QED) is 0.828. The second-order valence-corrected chi connectivity index (χ2v) is 4.14. The predicted octanol–water partition coefficient (Wildman–Crippen LogP) is 1.04. The zero-order valence-corrected chi connectivity index (χ0v) is 9.85. The van der Waals surface area contributed by atoms with Gasteiger partial charge < -0.3 is 10.2 Å². The third-order valence-electron chi connectivity index (χ3n) is 3.08. The van der Waals surface area contributed by atoms with Crippen molar-refractivity contribution in [2.24, 2.45) is 0 Å². The molecule has 90 valence electrons. The first-order chi connectivity index (χ1) is 8.24. The Morgan fingerprint density at radius 1 is 1.29 bits per heavy atom. The Balaban J connectivity index is 2.17. The zero-order valence-electron chi connectivity index (χ0n) is 9.85. The van der Waals surface area contributed by atoms with Crippen LogP contribution in [0, 0.1) is 0 Å². The van der Waals surface area contributed by atoms with Crippen LogP contribution in [0.3, 0.4) is 0 Å². The minimum Gasteiger partial charge on any atom is -0.357 e. The number of amides is 2. The SMILES string of the molecule is CNC(=O)[C@@H]1CCCN1C(=O)c1ccccc1. The van der Waals surface area contributed by atoms with Gasteiger partial charge in [-0.15, -0.1) is 0 Å². The van der Waals surface area contributed by atoms with Crippen LogP contribution < -0.4 is 5.32 Å². The number of rotatable bonds is 2. The molecule has 1 atom stereocenters. The molecule has 0 bridgehead atoms. The van der Waals surface area contributed by atoms with E-state index in [9.17, 15) is 9.59 Å². The van der Waals surface area contributed by atoms with E-state index in [1.807, 2.05) is 18.2 Å². The highest BCUT2D eigenvalue weighted by Gasteiger charge is 2.33. The molecule has 1 heterocycles. The van der Waals surface area contributed by atoms with Gasteiger partial charge in [0.05, 0.1) is 0 Å². The van der Waals surface area contributed by atoms with E-state index < -0.39 is 0 Å². The zero-order chi connectivity index (χ0) is 12.3. The molecule has 0 aliphatic carbocycles. The molecule has 0 saturated carbocycles. The van der Waals surface area contributed by atoms with Crippen molar-refractivity contribution < 1.29 is 9.59 Å². The number of hydrogen-bond donors (Lipinski definition) is 1. The van der Waals surface area contributed by atoms with E-state index in [0.717, 1.165) is 12.8 Å². The van der Waals surface area contributed by atoms with E-state index in [-0.39, 0.29) is 17.9 Å². The van der Waals surface area contributed by atoms with Crippen molar-refractivity contribution in [2.45, 2.75) is 18.9 Å². The van der Waals surface area contributed by atoms with Crippen LogP contribution in [0.5, 0.6) is 0 Å². The van der Waals surface area contributed by atoms with Crippen LogP contribution in [0.15, 0.2) is 30.3 Å². The lowest BCUT2D eigenvalue weighted by molar-refractivity contribution is -0.124. The van der Waals surface area contributed by atoms with Crippen molar-refractivity contribution in [3.63, 3.8) is 0 Å². The Kier molecular flexibility index (Phi) is 3.42. The fraction of sp³-hybridized carbons (Fsp3) is 0.385. The average Bonchev–Trinajstić information content (AvgIpc) is 2.87. The maximum absolute atomic E-state index is 12.2. The first-order valence-corrected chi connectivity index (χ1v) is 5.81. The molecule has 4 heteroatoms. The monoisotopic (exact) mass is 232 g/mol. The number of carbonyl (C=O) groups excluding carboxylic acids is 2. The van der Waals surface area contributed by atoms with Crippen molar-refractivity contribution in [2.75, 3.05) is 13.6 Å². The summed E-state index contributed by atoms with van der Waals surface area (Å²) in [7, 11) is 1.60. The Morgan fingerprint density at radius 3 is 2.65 bits per heavy atom. The molecule has 1 N–H and O–H groups in total. The van der Waals surface area contributed by atoms with Crippen molar-refractivity contribution in [1.29, 1.82) is 0 Å². The molecule has 0 radical (unpaired) electrons. The van der Waals surface area contributed by atoms with Gasteiger partial charge in [-0.3, -0.25) is 9.59 Å². The maximum Gasteiger partial charge on any atom is 0.254 e. The summed E-state index contributed by atoms with van der Waals surface area (Å²) in [6.45, 7) is 0.659. The van der Waals surface area contributed by atoms with Gasteiger partial charge in [0.1, 0.15) is 6.04 Å². The second-order valence-electron chi connectivity index (χ2n) is 4.14. The van der Waals surface area contributed by atoms with E-state index >= 15 is 0 Å². The number of likely N-dealkylation sites (N-methyl/N-ethyl adjacent to an activating group) is 1. The highest BCUT2D eigenvalue weighted by Crippen LogP contribution is 2.20. The van der Waals surface area contributed by atoms with E-state index in [2.05, 4.69) is 5.32 Å². The van der Waals surface area contributed by atoms with E-state index in [1.165, 1.54) is 0 Å². The van der Waals surface area contributed by atoms with Gasteiger partial charge in [0.2, 0.25) is 5.91 Å². The van der Waals surface area contributed by atoms with Crippen molar-refractivity contribution >= 4 is 11.8 Å². The molecule has 2 amide bonds. The molecule has 1 fully saturated rings. The molecule has 1 aliphatic rings. The first kappa shape index (κ1) is 11.6. The molecule has 17 heavy (non-hydrogen) atoms. The summed E-state index contributed by atoms with van der Waals surface area (Å²) in [5, 5.41) is 2.61. The van der Waals surface area contributed by atoms with Crippen LogP contribution in [-0.2, 0) is 4.79 Å². The maximum atomic E-state index is 12.2. The number of hydrogen-bond acceptors (Lipinski definition) is 2. The van der Waals surface area contributed by atoms with Crippen molar-refractivity contribution in [3.05, 3.63) is 35.9 Å². The number of carbonyl (C=O) groups is 2. The summed E-state index contributed by atoms with van der Waals surface area (Å²) >= 11 is 0. The third-order valence-corrected chi connectivity index (χ3v) is 3.08. The molecule has 1 aliphatic heterocycles. The topological polar surface area (TPSA) is 49.4 Å². The van der Waals surface area contributed by atoms with Crippen molar-refractivity contribution in [3.8, 4) is 0 Å². The molecule has 2 rings (SSSR count). The number of nitrogens with zero attached hydrogens (tertiary/aromatic N) is 1. The summed E-state index contributed by atoms with van der Waals surface area (Å²) in [4.78, 5) is 25.5. The molecule has 1 saturated heterocycles. The first-order valence-electron chi connectivity index (χ1n) is 5.81. The number of nitrogens with one attached hydrogen (secondary N) is 1. The van der Waals surface area contributed by atoms with E-state index in [4.69, 9.17) is 0 Å². The molecular weight excluding hydrogens is 216 g/mol. The molecule has 4 nitrogen and oxygen atoms in total. The van der Waals surface area contributed by atoms with Gasteiger partial charge in [-0.2, -0.15) is 0 Å². The summed E-state index contributed by atoms with van der Waals surface area (Å²) in [5.74, 6) is -0.136. The van der Waals surface area contributed by atoms with Gasteiger partial charge in [0.25, 0.3) is 5.91 Å². The van der Waals surface area contributed by atoms with Gasteiger partial charge in [-0.25, -0.2) is 0 Å². The third kappa shape index (κ3) is 2.30. The minimum atomic E-state index is -0.312. The van der Waals surface area contributed by atoms with Crippen LogP contribution in [0.25, 0.3) is 0 Å². The lowest BCUT2D eigenvalue weighted by atomic mass is 10.1. The van der Waals surface area contributed by atoms with E-state index in [0.29, 0.717) is 12.1 Å². The van der Waals surface area contributed by atoms with Gasteiger partial charge in [-0.05, 0) is 25.0 Å². The van der Waals surface area contributed by atoms with Gasteiger partial charge >= 0.3 is 0 Å². The van der Waals surface area contributed by atoms with Crippen molar-refractivity contribution in [1.82, 2.24) is 10.2 Å². The van der Waals surface area contributed by atoms with Gasteiger partial charge in [-0.1, -0.05) is 18.2 Å². The lowest BCUT2D eigenvalue weighted by Crippen LogP contribution is -2.44. The fourth-order valence-electron chi connectivity index (χ4n) is 2.20. The Labute approximate surface area is 101 Å².